The molecular formula is C42H47SiZr. The van der Waals surface area contributed by atoms with Crippen molar-refractivity contribution in [2.75, 3.05) is 0 Å². The first-order valence-corrected chi connectivity index (χ1v) is 22.4. The van der Waals surface area contributed by atoms with Crippen molar-refractivity contribution in [2.45, 2.75) is 82.1 Å². The molecule has 0 nitrogen and oxygen atoms in total. The number of hydrogen-bond acceptors (Lipinski definition) is 0. The third kappa shape index (κ3) is 6.10. The van der Waals surface area contributed by atoms with Crippen LogP contribution in [0.15, 0.2) is 108 Å². The Morgan fingerprint density at radius 2 is 1.20 bits per heavy atom. The van der Waals surface area contributed by atoms with Crippen LogP contribution in [0.5, 0.6) is 0 Å². The first kappa shape index (κ1) is 31.3. The van der Waals surface area contributed by atoms with Crippen LogP contribution in [-0.2, 0) is 33.6 Å². The van der Waals surface area contributed by atoms with Crippen LogP contribution in [0.2, 0.25) is 19.6 Å². The van der Waals surface area contributed by atoms with E-state index in [0.29, 0.717) is 3.63 Å². The summed E-state index contributed by atoms with van der Waals surface area (Å²) in [5.74, 6) is 0. The average molecular weight is 671 g/mol. The molecule has 2 aliphatic rings. The van der Waals surface area contributed by atoms with Gasteiger partial charge in [0, 0.05) is 0 Å². The molecule has 6 rings (SSSR count). The van der Waals surface area contributed by atoms with Crippen LogP contribution in [-0.4, -0.2) is 11.3 Å². The van der Waals surface area contributed by atoms with Crippen molar-refractivity contribution in [3.05, 3.63) is 147 Å². The fourth-order valence-electron chi connectivity index (χ4n) is 6.62. The number of allylic oxidation sites excluding steroid dienone is 4. The molecule has 4 aromatic rings. The molecule has 0 heterocycles. The molecule has 2 heteroatoms. The van der Waals surface area contributed by atoms with Gasteiger partial charge in [0.15, 0.2) is 0 Å². The summed E-state index contributed by atoms with van der Waals surface area (Å²) in [4.78, 5) is 0. The van der Waals surface area contributed by atoms with E-state index in [2.05, 4.69) is 164 Å². The zero-order chi connectivity index (χ0) is 31.4. The molecule has 0 aromatic heterocycles. The summed E-state index contributed by atoms with van der Waals surface area (Å²) < 4.78 is 2.04. The second-order valence-electron chi connectivity index (χ2n) is 15.8. The molecule has 1 atom stereocenters. The Hall–Kier alpha value is -2.67. The normalized spacial score (nSPS) is 16.2. The number of benzene rings is 4. The maximum atomic E-state index is 2.58. The van der Waals surface area contributed by atoms with Gasteiger partial charge in [-0.3, -0.25) is 0 Å². The molecule has 0 N–H and O–H groups in total. The van der Waals surface area contributed by atoms with Gasteiger partial charge in [0.25, 0.3) is 0 Å². The van der Waals surface area contributed by atoms with Gasteiger partial charge in [-0.05, 0) is 0 Å². The quantitative estimate of drug-likeness (QED) is 0.185. The van der Waals surface area contributed by atoms with Gasteiger partial charge in [0.05, 0.1) is 0 Å². The molecule has 223 valence electrons. The second kappa shape index (κ2) is 11.6. The van der Waals surface area contributed by atoms with E-state index in [0.717, 1.165) is 6.42 Å². The summed E-state index contributed by atoms with van der Waals surface area (Å²) in [6, 6.07) is 35.1. The van der Waals surface area contributed by atoms with Gasteiger partial charge in [-0.25, -0.2) is 0 Å². The van der Waals surface area contributed by atoms with Gasteiger partial charge in [0.1, 0.15) is 0 Å². The fraction of sp³-hybridized carbons (Fsp3) is 0.310. The van der Waals surface area contributed by atoms with Crippen LogP contribution < -0.4 is 0 Å². The van der Waals surface area contributed by atoms with Crippen LogP contribution >= 0.6 is 0 Å². The molecule has 0 fully saturated rings. The van der Waals surface area contributed by atoms with Crippen molar-refractivity contribution in [3.8, 4) is 11.1 Å². The third-order valence-electron chi connectivity index (χ3n) is 9.35. The fourth-order valence-corrected chi connectivity index (χ4v) is 12.4. The molecular weight excluding hydrogens is 624 g/mol. The topological polar surface area (TPSA) is 0 Å². The second-order valence-corrected chi connectivity index (χ2v) is 24.2. The Labute approximate surface area is 278 Å². The van der Waals surface area contributed by atoms with E-state index in [-0.39, 0.29) is 10.8 Å². The molecule has 4 aromatic carbocycles. The summed E-state index contributed by atoms with van der Waals surface area (Å²) in [7, 11) is -1.41. The molecule has 0 radical (unpaired) electrons. The average Bonchev–Trinajstić information content (AvgIpc) is 3.59. The number of hydrogen-bond donors (Lipinski definition) is 0. The standard InChI is InChI=1S/C29H37Si.C13H10.Zr/c1-28(2,3)21-12-10-20-15-26-25(19-11-13-23(14-19)30(7,8)9)17-22(29(4,5)6)18-27(26)24(20)16-21;1-3-7-12(8-4-1)11-13-9-5-2-6-10-13;/h10,12-18H,11H2,1-9H3;1-10H;. The molecule has 0 aliphatic heterocycles. The van der Waals surface area contributed by atoms with E-state index in [9.17, 15) is 0 Å². The van der Waals surface area contributed by atoms with Crippen molar-refractivity contribution in [2.24, 2.45) is 0 Å². The molecule has 2 aliphatic carbocycles. The SMILES string of the molecule is CC(C)(C)c1ccc2c(c1)-c1cc(C(C)(C)C)cc(C3=CC([Si](C)(C)C)=CC3)c1[CH]2[Zr]=[C](c1ccccc1)c1ccccc1. The molecule has 1 unspecified atom stereocenters. The monoisotopic (exact) mass is 669 g/mol. The van der Waals surface area contributed by atoms with Crippen LogP contribution in [0, 0.1) is 0 Å². The van der Waals surface area contributed by atoms with Gasteiger partial charge in [0.2, 0.25) is 0 Å². The van der Waals surface area contributed by atoms with Gasteiger partial charge in [-0.15, -0.1) is 0 Å². The van der Waals surface area contributed by atoms with Crippen molar-refractivity contribution < 1.29 is 22.8 Å². The van der Waals surface area contributed by atoms with Gasteiger partial charge in [-0.2, -0.15) is 0 Å². The molecule has 0 saturated carbocycles. The van der Waals surface area contributed by atoms with Crippen molar-refractivity contribution in [1.29, 1.82) is 0 Å². The van der Waals surface area contributed by atoms with Gasteiger partial charge < -0.3 is 0 Å². The Balaban J connectivity index is 1.67. The Kier molecular flexibility index (Phi) is 8.26. The summed E-state index contributed by atoms with van der Waals surface area (Å²) in [5.41, 5.74) is 15.0. The predicted octanol–water partition coefficient (Wildman–Crippen LogP) is 11.3. The zero-order valence-corrected chi connectivity index (χ0v) is 31.6. The van der Waals surface area contributed by atoms with Crippen molar-refractivity contribution >= 4 is 16.9 Å². The van der Waals surface area contributed by atoms with E-state index in [1.165, 1.54) is 44.5 Å². The first-order valence-electron chi connectivity index (χ1n) is 16.2. The minimum absolute atomic E-state index is 0.0726. The summed E-state index contributed by atoms with van der Waals surface area (Å²) in [6.45, 7) is 21.6. The number of fused-ring (bicyclic) bond motifs is 3. The van der Waals surface area contributed by atoms with E-state index < -0.39 is 30.8 Å². The summed E-state index contributed by atoms with van der Waals surface area (Å²) in [5, 5.41) is 1.60. The Morgan fingerprint density at radius 1 is 0.659 bits per heavy atom. The summed E-state index contributed by atoms with van der Waals surface area (Å²) in [6.07, 6.45) is 6.17. The van der Waals surface area contributed by atoms with Crippen molar-refractivity contribution in [1.82, 2.24) is 0 Å². The zero-order valence-electron chi connectivity index (χ0n) is 28.1. The number of rotatable bonds is 5. The maximum absolute atomic E-state index is 2.58. The van der Waals surface area contributed by atoms with Gasteiger partial charge >= 0.3 is 280 Å². The molecule has 0 saturated heterocycles. The minimum atomic E-state index is -1.41. The molecule has 0 bridgehead atoms. The molecule has 44 heavy (non-hydrogen) atoms. The van der Waals surface area contributed by atoms with E-state index in [1.807, 2.05) is 0 Å². The summed E-state index contributed by atoms with van der Waals surface area (Å²) >= 11 is -1.21. The van der Waals surface area contributed by atoms with Crippen LogP contribution in [0.3, 0.4) is 0 Å². The van der Waals surface area contributed by atoms with Crippen LogP contribution in [0.4, 0.5) is 0 Å². The molecule has 0 amide bonds. The van der Waals surface area contributed by atoms with Crippen LogP contribution in [0.25, 0.3) is 16.7 Å². The predicted molar refractivity (Wildman–Crippen MR) is 191 cm³/mol. The Bertz CT molecular complexity index is 1760. The first-order chi connectivity index (χ1) is 20.7. The van der Waals surface area contributed by atoms with Crippen LogP contribution in [0.1, 0.15) is 90.5 Å². The third-order valence-corrected chi connectivity index (χ3v) is 15.7. The van der Waals surface area contributed by atoms with Gasteiger partial charge in [-0.1, -0.05) is 0 Å². The van der Waals surface area contributed by atoms with E-state index >= 15 is 0 Å². The molecule has 0 spiro atoms. The van der Waals surface area contributed by atoms with E-state index in [1.54, 1.807) is 19.5 Å². The van der Waals surface area contributed by atoms with Crippen molar-refractivity contribution in [3.63, 3.8) is 0 Å². The van der Waals surface area contributed by atoms with E-state index in [4.69, 9.17) is 0 Å². The Morgan fingerprint density at radius 3 is 1.73 bits per heavy atom.